The standard InChI is InChI=1S/C26H29F3N2O/c1-18-14-20(17-30)10-11-21(18)12-13-31-25(32)24(22-7-3-2-4-8-22)16-19-6-5-9-23(15-19)26(27,28)29/h5-6,9-11,14-15,22,24H,2-4,7-8,12-13,16H2,1H3,(H,31,32). The van der Waals surface area contributed by atoms with Gasteiger partial charge in [-0.25, -0.2) is 0 Å². The summed E-state index contributed by atoms with van der Waals surface area (Å²) in [6.07, 6.45) is 1.70. The second-order valence-electron chi connectivity index (χ2n) is 8.70. The summed E-state index contributed by atoms with van der Waals surface area (Å²) in [5, 5.41) is 12.0. The van der Waals surface area contributed by atoms with Gasteiger partial charge in [-0.15, -0.1) is 0 Å². The molecule has 2 aromatic rings. The second kappa shape index (κ2) is 10.7. The number of benzene rings is 2. The fourth-order valence-corrected chi connectivity index (χ4v) is 4.64. The number of nitrogens with one attached hydrogen (secondary N) is 1. The van der Waals surface area contributed by atoms with Crippen LogP contribution in [0.1, 0.15) is 59.9 Å². The molecule has 1 aliphatic rings. The van der Waals surface area contributed by atoms with E-state index < -0.39 is 11.7 Å². The number of nitrogens with zero attached hydrogens (tertiary/aromatic N) is 1. The van der Waals surface area contributed by atoms with Gasteiger partial charge in [0, 0.05) is 12.5 Å². The maximum Gasteiger partial charge on any atom is 0.416 e. The molecule has 1 atom stereocenters. The van der Waals surface area contributed by atoms with Crippen molar-refractivity contribution >= 4 is 5.91 Å². The van der Waals surface area contributed by atoms with Crippen molar-refractivity contribution in [2.24, 2.45) is 11.8 Å². The van der Waals surface area contributed by atoms with E-state index in [4.69, 9.17) is 5.26 Å². The van der Waals surface area contributed by atoms with Crippen LogP contribution >= 0.6 is 0 Å². The van der Waals surface area contributed by atoms with Crippen LogP contribution in [0.4, 0.5) is 13.2 Å². The summed E-state index contributed by atoms with van der Waals surface area (Å²) < 4.78 is 39.4. The number of hydrogen-bond acceptors (Lipinski definition) is 2. The minimum Gasteiger partial charge on any atom is -0.356 e. The van der Waals surface area contributed by atoms with Gasteiger partial charge in [0.05, 0.1) is 17.2 Å². The normalized spacial score (nSPS) is 15.7. The van der Waals surface area contributed by atoms with E-state index in [1.807, 2.05) is 19.1 Å². The number of hydrogen-bond donors (Lipinski definition) is 1. The fraction of sp³-hybridized carbons (Fsp3) is 0.462. The number of carbonyl (C=O) groups excluding carboxylic acids is 1. The zero-order valence-electron chi connectivity index (χ0n) is 18.3. The average Bonchev–Trinajstić information content (AvgIpc) is 2.78. The number of halogens is 3. The van der Waals surface area contributed by atoms with E-state index in [0.29, 0.717) is 30.5 Å². The van der Waals surface area contributed by atoms with Crippen molar-refractivity contribution in [1.29, 1.82) is 5.26 Å². The SMILES string of the molecule is Cc1cc(C#N)ccc1CCNC(=O)C(Cc1cccc(C(F)(F)F)c1)C1CCCCC1. The molecule has 1 amide bonds. The van der Waals surface area contributed by atoms with E-state index in [1.165, 1.54) is 12.1 Å². The quantitative estimate of drug-likeness (QED) is 0.573. The second-order valence-corrected chi connectivity index (χ2v) is 8.70. The molecule has 1 unspecified atom stereocenters. The van der Waals surface area contributed by atoms with Gasteiger partial charge in [-0.2, -0.15) is 18.4 Å². The van der Waals surface area contributed by atoms with Crippen LogP contribution in [0.2, 0.25) is 0 Å². The van der Waals surface area contributed by atoms with Gasteiger partial charge in [0.2, 0.25) is 5.91 Å². The van der Waals surface area contributed by atoms with E-state index >= 15 is 0 Å². The van der Waals surface area contributed by atoms with Crippen LogP contribution in [-0.4, -0.2) is 12.5 Å². The van der Waals surface area contributed by atoms with Crippen LogP contribution in [-0.2, 0) is 23.8 Å². The lowest BCUT2D eigenvalue weighted by Gasteiger charge is -2.30. The topological polar surface area (TPSA) is 52.9 Å². The third kappa shape index (κ3) is 6.35. The Balaban J connectivity index is 1.68. The van der Waals surface area contributed by atoms with Crippen molar-refractivity contribution in [1.82, 2.24) is 5.32 Å². The predicted octanol–water partition coefficient (Wildman–Crippen LogP) is 5.98. The Morgan fingerprint density at radius 3 is 2.56 bits per heavy atom. The number of carbonyl (C=O) groups is 1. The first-order chi connectivity index (χ1) is 15.3. The third-order valence-electron chi connectivity index (χ3n) is 6.43. The van der Waals surface area contributed by atoms with Gasteiger partial charge >= 0.3 is 6.18 Å². The van der Waals surface area contributed by atoms with Crippen LogP contribution in [0.5, 0.6) is 0 Å². The van der Waals surface area contributed by atoms with E-state index in [-0.39, 0.29) is 17.7 Å². The van der Waals surface area contributed by atoms with Gasteiger partial charge in [0.15, 0.2) is 0 Å². The summed E-state index contributed by atoms with van der Waals surface area (Å²) >= 11 is 0. The van der Waals surface area contributed by atoms with Crippen LogP contribution in [0.25, 0.3) is 0 Å². The molecule has 2 aromatic carbocycles. The lowest BCUT2D eigenvalue weighted by molar-refractivity contribution is -0.137. The van der Waals surface area contributed by atoms with Gasteiger partial charge in [0.25, 0.3) is 0 Å². The number of amides is 1. The van der Waals surface area contributed by atoms with Crippen LogP contribution in [0.3, 0.4) is 0 Å². The van der Waals surface area contributed by atoms with Crippen molar-refractivity contribution in [3.8, 4) is 6.07 Å². The number of alkyl halides is 3. The Morgan fingerprint density at radius 1 is 1.16 bits per heavy atom. The first kappa shape index (κ1) is 23.8. The summed E-state index contributed by atoms with van der Waals surface area (Å²) in [6, 6.07) is 13.0. The Morgan fingerprint density at radius 2 is 1.91 bits per heavy atom. The molecule has 1 aliphatic carbocycles. The van der Waals surface area contributed by atoms with Crippen molar-refractivity contribution < 1.29 is 18.0 Å². The molecule has 0 spiro atoms. The van der Waals surface area contributed by atoms with Crippen LogP contribution in [0.15, 0.2) is 42.5 Å². The molecule has 1 fully saturated rings. The molecular formula is C26H29F3N2O. The summed E-state index contributed by atoms with van der Waals surface area (Å²) in [6.45, 7) is 2.40. The van der Waals surface area contributed by atoms with Gasteiger partial charge < -0.3 is 5.32 Å². The maximum absolute atomic E-state index is 13.1. The highest BCUT2D eigenvalue weighted by Crippen LogP contribution is 2.34. The molecule has 1 N–H and O–H groups in total. The molecule has 0 saturated heterocycles. The molecule has 6 heteroatoms. The minimum absolute atomic E-state index is 0.0828. The van der Waals surface area contributed by atoms with Crippen LogP contribution < -0.4 is 5.32 Å². The first-order valence-electron chi connectivity index (χ1n) is 11.2. The highest BCUT2D eigenvalue weighted by molar-refractivity contribution is 5.79. The molecular weight excluding hydrogens is 413 g/mol. The Labute approximate surface area is 187 Å². The molecule has 32 heavy (non-hydrogen) atoms. The van der Waals surface area contributed by atoms with Gasteiger partial charge in [-0.1, -0.05) is 43.5 Å². The van der Waals surface area contributed by atoms with Gasteiger partial charge in [-0.05, 0) is 73.4 Å². The zero-order valence-corrected chi connectivity index (χ0v) is 18.3. The highest BCUT2D eigenvalue weighted by Gasteiger charge is 2.32. The molecule has 170 valence electrons. The lowest BCUT2D eigenvalue weighted by atomic mass is 9.77. The summed E-state index contributed by atoms with van der Waals surface area (Å²) in [7, 11) is 0. The molecule has 0 radical (unpaired) electrons. The lowest BCUT2D eigenvalue weighted by Crippen LogP contribution is -2.38. The molecule has 3 nitrogen and oxygen atoms in total. The first-order valence-corrected chi connectivity index (χ1v) is 11.2. The van der Waals surface area contributed by atoms with E-state index in [2.05, 4.69) is 11.4 Å². The molecule has 1 saturated carbocycles. The minimum atomic E-state index is -4.39. The fourth-order valence-electron chi connectivity index (χ4n) is 4.64. The number of nitriles is 1. The van der Waals surface area contributed by atoms with Gasteiger partial charge in [0.1, 0.15) is 0 Å². The van der Waals surface area contributed by atoms with Crippen LogP contribution in [0, 0.1) is 30.1 Å². The maximum atomic E-state index is 13.1. The number of rotatable bonds is 7. The zero-order chi connectivity index (χ0) is 23.1. The van der Waals surface area contributed by atoms with Crippen molar-refractivity contribution in [2.45, 2.75) is 58.0 Å². The molecule has 0 bridgehead atoms. The Hall–Kier alpha value is -2.81. The average molecular weight is 443 g/mol. The third-order valence-corrected chi connectivity index (χ3v) is 6.43. The highest BCUT2D eigenvalue weighted by atomic mass is 19.4. The monoisotopic (exact) mass is 442 g/mol. The number of aryl methyl sites for hydroxylation is 1. The van der Waals surface area contributed by atoms with Crippen molar-refractivity contribution in [3.05, 3.63) is 70.3 Å². The smallest absolute Gasteiger partial charge is 0.356 e. The largest absolute Gasteiger partial charge is 0.416 e. The summed E-state index contributed by atoms with van der Waals surface area (Å²) in [4.78, 5) is 13.1. The predicted molar refractivity (Wildman–Crippen MR) is 118 cm³/mol. The van der Waals surface area contributed by atoms with Crippen molar-refractivity contribution in [2.75, 3.05) is 6.54 Å². The summed E-state index contributed by atoms with van der Waals surface area (Å²) in [5.74, 6) is -0.226. The molecule has 0 heterocycles. The molecule has 3 rings (SSSR count). The Kier molecular flexibility index (Phi) is 7.95. The van der Waals surface area contributed by atoms with E-state index in [1.54, 1.807) is 12.1 Å². The van der Waals surface area contributed by atoms with Gasteiger partial charge in [-0.3, -0.25) is 4.79 Å². The summed E-state index contributed by atoms with van der Waals surface area (Å²) in [5.41, 5.74) is 2.55. The molecule has 0 aliphatic heterocycles. The van der Waals surface area contributed by atoms with E-state index in [9.17, 15) is 18.0 Å². The van der Waals surface area contributed by atoms with E-state index in [0.717, 1.165) is 49.3 Å². The van der Waals surface area contributed by atoms with Crippen molar-refractivity contribution in [3.63, 3.8) is 0 Å². The molecule has 0 aromatic heterocycles. The Bertz CT molecular complexity index is 972.